The highest BCUT2D eigenvalue weighted by Crippen LogP contribution is 2.26. The van der Waals surface area contributed by atoms with Gasteiger partial charge in [0.2, 0.25) is 5.91 Å². The van der Waals surface area contributed by atoms with Crippen LogP contribution in [0.5, 0.6) is 0 Å². The standard InChI is InChI=1S/C19H22N4O3/c24-18(21-16-4-5-16)11-23-10-17(9-20-23)22-19(25)14-3-1-2-13(8-14)15-6-7-26-12-15/h1-3,8-10,15-16H,4-7,11-12H2,(H,21,24)(H,22,25). The van der Waals surface area contributed by atoms with Gasteiger partial charge in [0.1, 0.15) is 6.54 Å². The van der Waals surface area contributed by atoms with Crippen LogP contribution in [0, 0.1) is 0 Å². The largest absolute Gasteiger partial charge is 0.381 e. The van der Waals surface area contributed by atoms with Crippen LogP contribution in [0.15, 0.2) is 36.7 Å². The van der Waals surface area contributed by atoms with Gasteiger partial charge >= 0.3 is 0 Å². The van der Waals surface area contributed by atoms with E-state index in [4.69, 9.17) is 4.74 Å². The van der Waals surface area contributed by atoms with E-state index in [0.717, 1.165) is 31.4 Å². The Morgan fingerprint density at radius 2 is 2.15 bits per heavy atom. The Morgan fingerprint density at radius 1 is 1.27 bits per heavy atom. The molecule has 1 aliphatic heterocycles. The van der Waals surface area contributed by atoms with E-state index in [1.165, 1.54) is 4.68 Å². The zero-order valence-electron chi connectivity index (χ0n) is 14.5. The fraction of sp³-hybridized carbons (Fsp3) is 0.421. The average molecular weight is 354 g/mol. The predicted molar refractivity (Wildman–Crippen MR) is 96.0 cm³/mol. The second-order valence-electron chi connectivity index (χ2n) is 6.91. The summed E-state index contributed by atoms with van der Waals surface area (Å²) in [4.78, 5) is 24.3. The lowest BCUT2D eigenvalue weighted by atomic mass is 9.96. The van der Waals surface area contributed by atoms with E-state index >= 15 is 0 Å². The van der Waals surface area contributed by atoms with Crippen LogP contribution in [-0.4, -0.2) is 40.9 Å². The lowest BCUT2D eigenvalue weighted by molar-refractivity contribution is -0.122. The fourth-order valence-electron chi connectivity index (χ4n) is 3.10. The number of carbonyl (C=O) groups is 2. The van der Waals surface area contributed by atoms with Gasteiger partial charge in [-0.15, -0.1) is 0 Å². The van der Waals surface area contributed by atoms with Gasteiger partial charge in [-0.1, -0.05) is 12.1 Å². The predicted octanol–water partition coefficient (Wildman–Crippen LogP) is 1.92. The molecular formula is C19H22N4O3. The van der Waals surface area contributed by atoms with Crippen LogP contribution < -0.4 is 10.6 Å². The van der Waals surface area contributed by atoms with Crippen molar-refractivity contribution in [1.29, 1.82) is 0 Å². The molecule has 1 unspecified atom stereocenters. The van der Waals surface area contributed by atoms with Crippen molar-refractivity contribution < 1.29 is 14.3 Å². The van der Waals surface area contributed by atoms with E-state index in [2.05, 4.69) is 15.7 Å². The number of hydrogen-bond donors (Lipinski definition) is 2. The minimum absolute atomic E-state index is 0.0556. The van der Waals surface area contributed by atoms with Crippen molar-refractivity contribution in [3.63, 3.8) is 0 Å². The van der Waals surface area contributed by atoms with E-state index < -0.39 is 0 Å². The quantitative estimate of drug-likeness (QED) is 0.830. The molecule has 2 aliphatic rings. The smallest absolute Gasteiger partial charge is 0.255 e. The molecule has 1 aromatic heterocycles. The lowest BCUT2D eigenvalue weighted by Crippen LogP contribution is -2.29. The Labute approximate surface area is 151 Å². The van der Waals surface area contributed by atoms with E-state index in [1.807, 2.05) is 18.2 Å². The Morgan fingerprint density at radius 3 is 2.92 bits per heavy atom. The molecule has 1 aromatic carbocycles. The summed E-state index contributed by atoms with van der Waals surface area (Å²) >= 11 is 0. The molecular weight excluding hydrogens is 332 g/mol. The van der Waals surface area contributed by atoms with Gasteiger partial charge in [0.15, 0.2) is 0 Å². The summed E-state index contributed by atoms with van der Waals surface area (Å²) in [6.45, 7) is 1.64. The first kappa shape index (κ1) is 16.8. The summed E-state index contributed by atoms with van der Waals surface area (Å²) in [6, 6.07) is 7.97. The van der Waals surface area contributed by atoms with Crippen molar-refractivity contribution in [2.45, 2.75) is 37.8 Å². The maximum Gasteiger partial charge on any atom is 0.255 e. The second kappa shape index (κ2) is 7.29. The SMILES string of the molecule is O=C(Cn1cc(NC(=O)c2cccc(C3CCOC3)c2)cn1)NC1CC1. The lowest BCUT2D eigenvalue weighted by Gasteiger charge is -2.10. The minimum Gasteiger partial charge on any atom is -0.381 e. The first-order valence-electron chi connectivity index (χ1n) is 8.98. The van der Waals surface area contributed by atoms with E-state index in [1.54, 1.807) is 18.5 Å². The maximum absolute atomic E-state index is 12.5. The molecule has 2 heterocycles. The zero-order chi connectivity index (χ0) is 17.9. The first-order chi connectivity index (χ1) is 12.7. The van der Waals surface area contributed by atoms with Gasteiger partial charge in [0.25, 0.3) is 5.91 Å². The van der Waals surface area contributed by atoms with Gasteiger partial charge < -0.3 is 15.4 Å². The number of amides is 2. The Hall–Kier alpha value is -2.67. The van der Waals surface area contributed by atoms with Gasteiger partial charge in [-0.05, 0) is 37.0 Å². The number of ether oxygens (including phenoxy) is 1. The molecule has 0 spiro atoms. The maximum atomic E-state index is 12.5. The van der Waals surface area contributed by atoms with Crippen molar-refractivity contribution in [3.05, 3.63) is 47.8 Å². The van der Waals surface area contributed by atoms with Crippen LogP contribution in [0.25, 0.3) is 0 Å². The van der Waals surface area contributed by atoms with Crippen LogP contribution in [0.1, 0.15) is 41.1 Å². The van der Waals surface area contributed by atoms with E-state index in [0.29, 0.717) is 29.8 Å². The Balaban J connectivity index is 1.37. The molecule has 0 radical (unpaired) electrons. The topological polar surface area (TPSA) is 85.2 Å². The molecule has 26 heavy (non-hydrogen) atoms. The number of rotatable bonds is 6. The van der Waals surface area contributed by atoms with Crippen molar-refractivity contribution in [3.8, 4) is 0 Å². The number of nitrogens with zero attached hydrogens (tertiary/aromatic N) is 2. The number of aromatic nitrogens is 2. The van der Waals surface area contributed by atoms with Crippen molar-refractivity contribution in [2.75, 3.05) is 18.5 Å². The summed E-state index contributed by atoms with van der Waals surface area (Å²) in [7, 11) is 0. The highest BCUT2D eigenvalue weighted by Gasteiger charge is 2.23. The molecule has 1 saturated heterocycles. The Bertz CT molecular complexity index is 807. The number of anilines is 1. The number of hydrogen-bond acceptors (Lipinski definition) is 4. The first-order valence-corrected chi connectivity index (χ1v) is 8.98. The molecule has 136 valence electrons. The van der Waals surface area contributed by atoms with E-state index in [9.17, 15) is 9.59 Å². The molecule has 1 atom stereocenters. The van der Waals surface area contributed by atoms with Crippen LogP contribution in [0.4, 0.5) is 5.69 Å². The monoisotopic (exact) mass is 354 g/mol. The van der Waals surface area contributed by atoms with Crippen LogP contribution in [0.2, 0.25) is 0 Å². The zero-order valence-corrected chi connectivity index (χ0v) is 14.5. The molecule has 1 saturated carbocycles. The molecule has 1 aliphatic carbocycles. The number of nitrogens with one attached hydrogen (secondary N) is 2. The van der Waals surface area contributed by atoms with Gasteiger partial charge in [-0.2, -0.15) is 5.10 Å². The van der Waals surface area contributed by atoms with Crippen LogP contribution in [0.3, 0.4) is 0 Å². The summed E-state index contributed by atoms with van der Waals surface area (Å²) in [5, 5.41) is 9.89. The third-order valence-corrected chi connectivity index (χ3v) is 4.69. The molecule has 7 nitrogen and oxygen atoms in total. The van der Waals surface area contributed by atoms with Gasteiger partial charge in [-0.25, -0.2) is 0 Å². The van der Waals surface area contributed by atoms with Crippen LogP contribution in [-0.2, 0) is 16.1 Å². The van der Waals surface area contributed by atoms with Crippen molar-refractivity contribution >= 4 is 17.5 Å². The third-order valence-electron chi connectivity index (χ3n) is 4.69. The minimum atomic E-state index is -0.187. The van der Waals surface area contributed by atoms with Crippen molar-refractivity contribution in [2.24, 2.45) is 0 Å². The molecule has 0 bridgehead atoms. The molecule has 2 fully saturated rings. The average Bonchev–Trinajstić information content (AvgIpc) is 3.11. The molecule has 2 amide bonds. The molecule has 2 N–H and O–H groups in total. The molecule has 7 heteroatoms. The van der Waals surface area contributed by atoms with Crippen LogP contribution >= 0.6 is 0 Å². The van der Waals surface area contributed by atoms with Gasteiger partial charge in [-0.3, -0.25) is 14.3 Å². The summed E-state index contributed by atoms with van der Waals surface area (Å²) in [5.41, 5.74) is 2.31. The summed E-state index contributed by atoms with van der Waals surface area (Å²) in [5.74, 6) is 0.114. The highest BCUT2D eigenvalue weighted by molar-refractivity contribution is 6.04. The van der Waals surface area contributed by atoms with Gasteiger partial charge in [0, 0.05) is 30.3 Å². The van der Waals surface area contributed by atoms with Gasteiger partial charge in [0.05, 0.1) is 18.5 Å². The Kier molecular flexibility index (Phi) is 4.71. The molecule has 4 rings (SSSR count). The number of carbonyl (C=O) groups excluding carboxylic acids is 2. The molecule has 2 aromatic rings. The third kappa shape index (κ3) is 4.11. The summed E-state index contributed by atoms with van der Waals surface area (Å²) < 4.78 is 6.95. The van der Waals surface area contributed by atoms with Crippen molar-refractivity contribution in [1.82, 2.24) is 15.1 Å². The normalized spacial score (nSPS) is 19.3. The fourth-order valence-corrected chi connectivity index (χ4v) is 3.10. The number of benzene rings is 1. The summed E-state index contributed by atoms with van der Waals surface area (Å²) in [6.07, 6.45) is 6.31. The highest BCUT2D eigenvalue weighted by atomic mass is 16.5. The second-order valence-corrected chi connectivity index (χ2v) is 6.91. The van der Waals surface area contributed by atoms with E-state index in [-0.39, 0.29) is 18.4 Å².